The first-order valence-corrected chi connectivity index (χ1v) is 9.66. The smallest absolute Gasteiger partial charge is 0.276 e. The van der Waals surface area contributed by atoms with E-state index >= 15 is 0 Å². The van der Waals surface area contributed by atoms with Gasteiger partial charge in [-0.25, -0.2) is 9.97 Å². The highest BCUT2D eigenvalue weighted by molar-refractivity contribution is 7.14. The summed E-state index contributed by atoms with van der Waals surface area (Å²) >= 11 is 2.82. The summed E-state index contributed by atoms with van der Waals surface area (Å²) in [7, 11) is 0. The molecule has 4 rings (SSSR count). The lowest BCUT2D eigenvalue weighted by molar-refractivity contribution is 0.102. The van der Waals surface area contributed by atoms with E-state index in [1.807, 2.05) is 54.8 Å². The molecule has 0 unspecified atom stereocenters. The normalized spacial score (nSPS) is 10.7. The van der Waals surface area contributed by atoms with Crippen LogP contribution in [0, 0.1) is 6.92 Å². The highest BCUT2D eigenvalue weighted by atomic mass is 32.1. The molecule has 0 aliphatic rings. The van der Waals surface area contributed by atoms with Gasteiger partial charge in [0.05, 0.1) is 5.69 Å². The fourth-order valence-electron chi connectivity index (χ4n) is 2.33. The van der Waals surface area contributed by atoms with Crippen LogP contribution in [0.2, 0.25) is 0 Å². The van der Waals surface area contributed by atoms with Crippen molar-refractivity contribution in [3.8, 4) is 22.0 Å². The molecule has 0 aliphatic carbocycles. The molecule has 0 saturated carbocycles. The lowest BCUT2D eigenvalue weighted by Crippen LogP contribution is -2.12. The molecular formula is C19H14N4OS2. The summed E-state index contributed by atoms with van der Waals surface area (Å²) < 4.78 is 0. The molecule has 128 valence electrons. The van der Waals surface area contributed by atoms with Gasteiger partial charge in [0, 0.05) is 22.5 Å². The van der Waals surface area contributed by atoms with Gasteiger partial charge < -0.3 is 0 Å². The molecule has 1 amide bonds. The number of hydrogen-bond acceptors (Lipinski definition) is 6. The van der Waals surface area contributed by atoms with Crippen LogP contribution in [0.1, 0.15) is 16.1 Å². The third-order valence-electron chi connectivity index (χ3n) is 3.69. The molecule has 26 heavy (non-hydrogen) atoms. The molecule has 3 heterocycles. The van der Waals surface area contributed by atoms with Gasteiger partial charge in [0.1, 0.15) is 16.4 Å². The number of rotatable bonds is 4. The number of pyridine rings is 1. The number of carbonyl (C=O) groups excluding carboxylic acids is 1. The van der Waals surface area contributed by atoms with Gasteiger partial charge in [-0.05, 0) is 19.1 Å². The number of nitrogens with one attached hydrogen (secondary N) is 1. The number of nitrogens with zero attached hydrogens (tertiary/aromatic N) is 3. The van der Waals surface area contributed by atoms with Crippen LogP contribution in [0.3, 0.4) is 0 Å². The summed E-state index contributed by atoms with van der Waals surface area (Å²) in [5.41, 5.74) is 4.10. The molecule has 1 aromatic carbocycles. The molecule has 0 saturated heterocycles. The summed E-state index contributed by atoms with van der Waals surface area (Å²) in [6.07, 6.45) is 1.72. The molecule has 7 heteroatoms. The van der Waals surface area contributed by atoms with Crippen LogP contribution in [-0.4, -0.2) is 20.9 Å². The quantitative estimate of drug-likeness (QED) is 0.549. The number of hydrogen-bond donors (Lipinski definition) is 1. The van der Waals surface area contributed by atoms with Gasteiger partial charge >= 0.3 is 0 Å². The van der Waals surface area contributed by atoms with E-state index in [4.69, 9.17) is 0 Å². The molecule has 5 nitrogen and oxygen atoms in total. The minimum Gasteiger partial charge on any atom is -0.296 e. The van der Waals surface area contributed by atoms with E-state index in [0.717, 1.165) is 22.0 Å². The van der Waals surface area contributed by atoms with E-state index in [0.29, 0.717) is 10.8 Å². The highest BCUT2D eigenvalue weighted by Crippen LogP contribution is 2.26. The standard InChI is InChI=1S/C19H14N4OS2/c1-12-5-7-13(8-6-12)18-21-16(11-25-18)17(24)23-19-22-15(10-26-19)14-4-2-3-9-20-14/h2-11H,1H3,(H,22,23,24). The summed E-state index contributed by atoms with van der Waals surface area (Å²) in [6.45, 7) is 2.04. The first kappa shape index (κ1) is 16.6. The predicted octanol–water partition coefficient (Wildman–Crippen LogP) is 4.89. The van der Waals surface area contributed by atoms with Crippen molar-refractivity contribution in [2.75, 3.05) is 5.32 Å². The highest BCUT2D eigenvalue weighted by Gasteiger charge is 2.14. The number of amides is 1. The fourth-order valence-corrected chi connectivity index (χ4v) is 3.84. The Labute approximate surface area is 158 Å². The summed E-state index contributed by atoms with van der Waals surface area (Å²) in [6, 6.07) is 13.7. The van der Waals surface area contributed by atoms with Crippen molar-refractivity contribution < 1.29 is 4.79 Å². The number of thiazole rings is 2. The molecule has 0 aliphatic heterocycles. The van der Waals surface area contributed by atoms with E-state index in [-0.39, 0.29) is 5.91 Å². The van der Waals surface area contributed by atoms with E-state index < -0.39 is 0 Å². The Kier molecular flexibility index (Phi) is 4.55. The van der Waals surface area contributed by atoms with E-state index in [1.54, 1.807) is 11.6 Å². The first-order chi connectivity index (χ1) is 12.7. The molecular weight excluding hydrogens is 364 g/mol. The van der Waals surface area contributed by atoms with Gasteiger partial charge in [0.15, 0.2) is 5.13 Å². The van der Waals surface area contributed by atoms with Crippen molar-refractivity contribution in [1.29, 1.82) is 0 Å². The molecule has 0 bridgehead atoms. The van der Waals surface area contributed by atoms with Gasteiger partial charge in [0.2, 0.25) is 0 Å². The zero-order chi connectivity index (χ0) is 17.9. The molecule has 0 radical (unpaired) electrons. The number of benzene rings is 1. The largest absolute Gasteiger partial charge is 0.296 e. The number of carbonyl (C=O) groups is 1. The monoisotopic (exact) mass is 378 g/mol. The minimum absolute atomic E-state index is 0.262. The Morgan fingerprint density at radius 1 is 0.962 bits per heavy atom. The maximum atomic E-state index is 12.4. The second kappa shape index (κ2) is 7.15. The van der Waals surface area contributed by atoms with Gasteiger partial charge in [-0.2, -0.15) is 0 Å². The van der Waals surface area contributed by atoms with E-state index in [9.17, 15) is 4.79 Å². The van der Waals surface area contributed by atoms with Crippen LogP contribution in [-0.2, 0) is 0 Å². The summed E-state index contributed by atoms with van der Waals surface area (Å²) in [5, 5.41) is 7.79. The average Bonchev–Trinajstić information content (AvgIpc) is 3.33. The number of anilines is 1. The molecule has 0 fully saturated rings. The maximum absolute atomic E-state index is 12.4. The fraction of sp³-hybridized carbons (Fsp3) is 0.0526. The van der Waals surface area contributed by atoms with Gasteiger partial charge in [-0.3, -0.25) is 15.1 Å². The molecule has 0 atom stereocenters. The van der Waals surface area contributed by atoms with Crippen molar-refractivity contribution in [3.05, 3.63) is 70.7 Å². The van der Waals surface area contributed by atoms with Gasteiger partial charge in [0.25, 0.3) is 5.91 Å². The van der Waals surface area contributed by atoms with E-state index in [2.05, 4.69) is 20.3 Å². The third kappa shape index (κ3) is 3.54. The van der Waals surface area contributed by atoms with Crippen molar-refractivity contribution in [1.82, 2.24) is 15.0 Å². The van der Waals surface area contributed by atoms with Gasteiger partial charge in [-0.1, -0.05) is 35.9 Å². The van der Waals surface area contributed by atoms with Crippen LogP contribution in [0.5, 0.6) is 0 Å². The third-order valence-corrected chi connectivity index (χ3v) is 5.34. The lowest BCUT2D eigenvalue weighted by Gasteiger charge is -1.99. The minimum atomic E-state index is -0.262. The van der Waals surface area contributed by atoms with Crippen LogP contribution in [0.4, 0.5) is 5.13 Å². The Balaban J connectivity index is 1.49. The van der Waals surface area contributed by atoms with Crippen molar-refractivity contribution in [2.45, 2.75) is 6.92 Å². The van der Waals surface area contributed by atoms with Crippen molar-refractivity contribution >= 4 is 33.7 Å². The zero-order valence-electron chi connectivity index (χ0n) is 13.8. The Morgan fingerprint density at radius 3 is 2.58 bits per heavy atom. The molecule has 0 spiro atoms. The van der Waals surface area contributed by atoms with Crippen molar-refractivity contribution in [2.24, 2.45) is 0 Å². The average molecular weight is 378 g/mol. The summed E-state index contributed by atoms with van der Waals surface area (Å²) in [5.74, 6) is -0.262. The SMILES string of the molecule is Cc1ccc(-c2nc(C(=O)Nc3nc(-c4ccccn4)cs3)cs2)cc1. The predicted molar refractivity (Wildman–Crippen MR) is 106 cm³/mol. The zero-order valence-corrected chi connectivity index (χ0v) is 15.5. The first-order valence-electron chi connectivity index (χ1n) is 7.90. The topological polar surface area (TPSA) is 67.8 Å². The second-order valence-electron chi connectivity index (χ2n) is 5.61. The van der Waals surface area contributed by atoms with Crippen LogP contribution in [0.15, 0.2) is 59.4 Å². The molecule has 4 aromatic rings. The van der Waals surface area contributed by atoms with Crippen molar-refractivity contribution in [3.63, 3.8) is 0 Å². The summed E-state index contributed by atoms with van der Waals surface area (Å²) in [4.78, 5) is 25.6. The van der Waals surface area contributed by atoms with Crippen LogP contribution < -0.4 is 5.32 Å². The Hall–Kier alpha value is -2.90. The lowest BCUT2D eigenvalue weighted by atomic mass is 10.2. The molecule has 1 N–H and O–H groups in total. The Morgan fingerprint density at radius 2 is 1.81 bits per heavy atom. The van der Waals surface area contributed by atoms with Crippen LogP contribution in [0.25, 0.3) is 22.0 Å². The number of aryl methyl sites for hydroxylation is 1. The molecule has 3 aromatic heterocycles. The number of aromatic nitrogens is 3. The van der Waals surface area contributed by atoms with Crippen LogP contribution >= 0.6 is 22.7 Å². The maximum Gasteiger partial charge on any atom is 0.276 e. The van der Waals surface area contributed by atoms with E-state index in [1.165, 1.54) is 28.2 Å². The van der Waals surface area contributed by atoms with Gasteiger partial charge in [-0.15, -0.1) is 22.7 Å². The Bertz CT molecular complexity index is 1040. The second-order valence-corrected chi connectivity index (χ2v) is 7.33.